The lowest BCUT2D eigenvalue weighted by molar-refractivity contribution is 0.0703. The molecule has 0 saturated carbocycles. The molecule has 0 bridgehead atoms. The number of hydrogen-bond donors (Lipinski definition) is 0. The maximum Gasteiger partial charge on any atom is 0.500 e. The van der Waals surface area contributed by atoms with E-state index >= 15 is 0 Å². The summed E-state index contributed by atoms with van der Waals surface area (Å²) in [4.78, 5) is 2.51. The molecule has 0 aliphatic rings. The van der Waals surface area contributed by atoms with Crippen LogP contribution in [0.25, 0.3) is 0 Å². The van der Waals surface area contributed by atoms with Gasteiger partial charge in [-0.2, -0.15) is 0 Å². The van der Waals surface area contributed by atoms with E-state index in [-0.39, 0.29) is 0 Å². The van der Waals surface area contributed by atoms with Crippen LogP contribution in [-0.2, 0) is 13.3 Å². The van der Waals surface area contributed by atoms with E-state index in [9.17, 15) is 0 Å². The molecule has 0 amide bonds. The molecule has 0 rings (SSSR count). The summed E-state index contributed by atoms with van der Waals surface area (Å²) in [7, 11) is -3.83. The van der Waals surface area contributed by atoms with Crippen molar-refractivity contribution in [1.29, 1.82) is 0 Å². The summed E-state index contributed by atoms with van der Waals surface area (Å²) in [6, 6.07) is 0.911. The molecule has 5 nitrogen and oxygen atoms in total. The molecule has 0 saturated heterocycles. The van der Waals surface area contributed by atoms with Crippen molar-refractivity contribution in [2.75, 3.05) is 52.5 Å². The summed E-state index contributed by atoms with van der Waals surface area (Å²) >= 11 is 0. The van der Waals surface area contributed by atoms with Crippen LogP contribution in [0.4, 0.5) is 0 Å². The van der Waals surface area contributed by atoms with Crippen molar-refractivity contribution in [3.8, 4) is 0 Å². The monoisotopic (exact) mass is 392 g/mol. The van der Waals surface area contributed by atoms with Crippen molar-refractivity contribution < 1.29 is 13.3 Å². The first-order valence-corrected chi connectivity index (χ1v) is 15.6. The maximum absolute atomic E-state index is 5.99. The van der Waals surface area contributed by atoms with Crippen LogP contribution in [0.5, 0.6) is 0 Å². The Bertz CT molecular complexity index is 307. The molecule has 0 atom stereocenters. The molecule has 0 radical (unpaired) electrons. The van der Waals surface area contributed by atoms with E-state index in [1.807, 2.05) is 20.8 Å². The molecule has 152 valence electrons. The van der Waals surface area contributed by atoms with E-state index in [0.717, 1.165) is 45.2 Å². The Morgan fingerprint density at radius 1 is 0.680 bits per heavy atom. The molecule has 0 aromatic carbocycles. The topological polar surface area (TPSA) is 34.2 Å². The summed E-state index contributed by atoms with van der Waals surface area (Å²) in [6.45, 7) is 25.5. The fourth-order valence-corrected chi connectivity index (χ4v) is 7.27. The minimum atomic E-state index is -2.50. The zero-order chi connectivity index (χ0) is 19.3. The van der Waals surface area contributed by atoms with Crippen molar-refractivity contribution in [2.45, 2.75) is 66.7 Å². The molecule has 0 spiro atoms. The second kappa shape index (κ2) is 13.4. The summed E-state index contributed by atoms with van der Waals surface area (Å²) in [5.74, 6) is 0. The predicted molar refractivity (Wildman–Crippen MR) is 113 cm³/mol. The zero-order valence-electron chi connectivity index (χ0n) is 18.2. The Morgan fingerprint density at radius 2 is 1.16 bits per heavy atom. The van der Waals surface area contributed by atoms with Crippen LogP contribution in [0.2, 0.25) is 25.7 Å². The number of nitrogens with zero attached hydrogens (tertiary/aromatic N) is 2. The van der Waals surface area contributed by atoms with Gasteiger partial charge in [-0.25, -0.2) is 0 Å². The van der Waals surface area contributed by atoms with Gasteiger partial charge in [0.15, 0.2) is 0 Å². The van der Waals surface area contributed by atoms with E-state index in [4.69, 9.17) is 13.3 Å². The first kappa shape index (κ1) is 25.2. The summed E-state index contributed by atoms with van der Waals surface area (Å²) in [6.07, 6.45) is 1.08. The van der Waals surface area contributed by atoms with Crippen LogP contribution in [0.15, 0.2) is 0 Å². The van der Waals surface area contributed by atoms with Gasteiger partial charge >= 0.3 is 8.80 Å². The third-order valence-corrected chi connectivity index (χ3v) is 10.0. The van der Waals surface area contributed by atoms with Crippen molar-refractivity contribution in [1.82, 2.24) is 9.47 Å². The lowest BCUT2D eigenvalue weighted by atomic mass is 10.4. The van der Waals surface area contributed by atoms with Gasteiger partial charge in [0.05, 0.1) is 0 Å². The third kappa shape index (κ3) is 10.2. The minimum absolute atomic E-state index is 0.659. The Labute approximate surface area is 159 Å². The van der Waals surface area contributed by atoms with Crippen LogP contribution in [0.3, 0.4) is 0 Å². The number of hydrogen-bond acceptors (Lipinski definition) is 5. The van der Waals surface area contributed by atoms with Gasteiger partial charge in [0.25, 0.3) is 0 Å². The highest BCUT2D eigenvalue weighted by atomic mass is 28.4. The fourth-order valence-electron chi connectivity index (χ4n) is 3.07. The average molecular weight is 393 g/mol. The first-order valence-electron chi connectivity index (χ1n) is 10.2. The Balaban J connectivity index is 4.73. The van der Waals surface area contributed by atoms with E-state index in [1.165, 1.54) is 0 Å². The largest absolute Gasteiger partial charge is 0.500 e. The van der Waals surface area contributed by atoms with Gasteiger partial charge in [0.2, 0.25) is 0 Å². The van der Waals surface area contributed by atoms with Gasteiger partial charge in [0, 0.05) is 39.0 Å². The van der Waals surface area contributed by atoms with E-state index in [1.54, 1.807) is 0 Å². The van der Waals surface area contributed by atoms with Crippen molar-refractivity contribution in [3.63, 3.8) is 0 Å². The lowest BCUT2D eigenvalue weighted by Crippen LogP contribution is -2.51. The van der Waals surface area contributed by atoms with Crippen LogP contribution in [0.1, 0.15) is 41.0 Å². The predicted octanol–water partition coefficient (Wildman–Crippen LogP) is 3.90. The van der Waals surface area contributed by atoms with Crippen molar-refractivity contribution >= 4 is 17.0 Å². The number of rotatable bonds is 16. The lowest BCUT2D eigenvalue weighted by Gasteiger charge is -2.36. The van der Waals surface area contributed by atoms with Crippen LogP contribution < -0.4 is 0 Å². The Kier molecular flexibility index (Phi) is 13.5. The van der Waals surface area contributed by atoms with E-state index in [2.05, 4.69) is 43.0 Å². The molecular formula is C18H44N2O3Si2. The Hall–Kier alpha value is 0.234. The molecule has 0 aliphatic carbocycles. The molecule has 0 fully saturated rings. The van der Waals surface area contributed by atoms with Gasteiger partial charge < -0.3 is 22.7 Å². The molecular weight excluding hydrogens is 348 g/mol. The van der Waals surface area contributed by atoms with Gasteiger partial charge in [-0.05, 0) is 46.8 Å². The highest BCUT2D eigenvalue weighted by Crippen LogP contribution is 2.20. The molecule has 0 aromatic heterocycles. The average Bonchev–Trinajstić information content (AvgIpc) is 2.53. The van der Waals surface area contributed by atoms with Crippen molar-refractivity contribution in [2.24, 2.45) is 0 Å². The van der Waals surface area contributed by atoms with E-state index < -0.39 is 17.0 Å². The highest BCUT2D eigenvalue weighted by molar-refractivity contribution is 6.73. The molecule has 0 N–H and O–H groups in total. The van der Waals surface area contributed by atoms with Gasteiger partial charge in [-0.1, -0.05) is 33.5 Å². The molecule has 25 heavy (non-hydrogen) atoms. The zero-order valence-corrected chi connectivity index (χ0v) is 20.2. The normalized spacial score (nSPS) is 13.2. The minimum Gasteiger partial charge on any atom is -0.374 e. The standard InChI is InChI=1S/C18H44N2O3Si2/c1-9-19(10-2)16-17-20(24(6,7)8)15-14-18-25(21-11-3,22-12-4)23-13-5/h9-18H2,1-8H3. The van der Waals surface area contributed by atoms with Gasteiger partial charge in [-0.3, -0.25) is 0 Å². The quantitative estimate of drug-likeness (QED) is 0.372. The summed E-state index contributed by atoms with van der Waals surface area (Å²) in [5, 5.41) is 0. The molecule has 0 aromatic rings. The van der Waals surface area contributed by atoms with Crippen LogP contribution in [-0.4, -0.2) is 79.0 Å². The molecule has 0 heterocycles. The maximum atomic E-state index is 5.99. The highest BCUT2D eigenvalue weighted by Gasteiger charge is 2.40. The third-order valence-electron chi connectivity index (χ3n) is 4.53. The Morgan fingerprint density at radius 3 is 1.52 bits per heavy atom. The smallest absolute Gasteiger partial charge is 0.374 e. The first-order chi connectivity index (χ1) is 11.8. The molecule has 7 heteroatoms. The second-order valence-electron chi connectivity index (χ2n) is 7.27. The second-order valence-corrected chi connectivity index (χ2v) is 15.0. The van der Waals surface area contributed by atoms with Gasteiger partial charge in [-0.15, -0.1) is 0 Å². The van der Waals surface area contributed by atoms with Crippen LogP contribution >= 0.6 is 0 Å². The summed E-state index contributed by atoms with van der Waals surface area (Å²) in [5.41, 5.74) is 0. The van der Waals surface area contributed by atoms with Crippen LogP contribution in [0, 0.1) is 0 Å². The number of likely N-dealkylation sites (N-methyl/N-ethyl adjacent to an activating group) is 1. The van der Waals surface area contributed by atoms with Gasteiger partial charge in [0.1, 0.15) is 8.24 Å². The summed E-state index contributed by atoms with van der Waals surface area (Å²) < 4.78 is 20.7. The SMILES string of the molecule is CCO[Si](CCCN(CCN(CC)CC)[Si](C)(C)C)(OCC)OCC. The molecule has 0 unspecified atom stereocenters. The van der Waals surface area contributed by atoms with Crippen molar-refractivity contribution in [3.05, 3.63) is 0 Å². The van der Waals surface area contributed by atoms with E-state index in [0.29, 0.717) is 19.8 Å². The molecule has 0 aliphatic heterocycles. The fraction of sp³-hybridized carbons (Fsp3) is 1.00.